The van der Waals surface area contributed by atoms with Crippen LogP contribution < -0.4 is 0 Å². The third-order valence-electron chi connectivity index (χ3n) is 4.32. The van der Waals surface area contributed by atoms with Crippen molar-refractivity contribution in [2.75, 3.05) is 0 Å². The summed E-state index contributed by atoms with van der Waals surface area (Å²) in [6, 6.07) is 4.28. The zero-order valence-electron chi connectivity index (χ0n) is 10.4. The van der Waals surface area contributed by atoms with E-state index in [4.69, 9.17) is 11.6 Å². The Morgan fingerprint density at radius 3 is 2.38 bits per heavy atom. The molecule has 1 heterocycles. The second-order valence-corrected chi connectivity index (χ2v) is 7.24. The highest BCUT2D eigenvalue weighted by molar-refractivity contribution is 7.16. The van der Waals surface area contributed by atoms with Gasteiger partial charge in [-0.15, -0.1) is 11.3 Å². The Morgan fingerprint density at radius 2 is 1.75 bits per heavy atom. The van der Waals surface area contributed by atoms with E-state index in [1.807, 2.05) is 6.07 Å². The first kappa shape index (κ1) is 12.4. The van der Waals surface area contributed by atoms with Gasteiger partial charge in [-0.25, -0.2) is 0 Å². The van der Waals surface area contributed by atoms with Gasteiger partial charge in [0.1, 0.15) is 0 Å². The van der Waals surface area contributed by atoms with Gasteiger partial charge in [0.2, 0.25) is 0 Å². The molecule has 2 unspecified atom stereocenters. The maximum Gasteiger partial charge on any atom is 0.0931 e. The molecule has 0 amide bonds. The standard InChI is InChI=1S/C14H21ClS/c1-9-4-5-10(2)12(8-11(9)3)13-6-7-14(15)16-13/h6-7,9-12H,4-5,8H2,1-3H3/t9?,10-,11?,12-/m0/s1. The van der Waals surface area contributed by atoms with Crippen molar-refractivity contribution in [1.29, 1.82) is 0 Å². The second-order valence-electron chi connectivity index (χ2n) is 5.49. The lowest BCUT2D eigenvalue weighted by Gasteiger charge is -2.22. The molecule has 1 aliphatic rings. The van der Waals surface area contributed by atoms with Gasteiger partial charge in [0, 0.05) is 4.88 Å². The summed E-state index contributed by atoms with van der Waals surface area (Å²) in [6.07, 6.45) is 4.09. The van der Waals surface area contributed by atoms with E-state index in [2.05, 4.69) is 26.8 Å². The van der Waals surface area contributed by atoms with Gasteiger partial charge in [0.05, 0.1) is 4.34 Å². The van der Waals surface area contributed by atoms with Crippen molar-refractivity contribution >= 4 is 22.9 Å². The van der Waals surface area contributed by atoms with Crippen LogP contribution in [0.25, 0.3) is 0 Å². The first-order valence-corrected chi connectivity index (χ1v) is 7.52. The van der Waals surface area contributed by atoms with Crippen molar-refractivity contribution in [2.24, 2.45) is 17.8 Å². The van der Waals surface area contributed by atoms with Crippen LogP contribution in [-0.2, 0) is 0 Å². The van der Waals surface area contributed by atoms with Gasteiger partial charge in [0.25, 0.3) is 0 Å². The van der Waals surface area contributed by atoms with E-state index in [9.17, 15) is 0 Å². The maximum atomic E-state index is 6.05. The summed E-state index contributed by atoms with van der Waals surface area (Å²) in [7, 11) is 0. The smallest absolute Gasteiger partial charge is 0.0931 e. The molecule has 1 saturated carbocycles. The molecule has 0 nitrogen and oxygen atoms in total. The van der Waals surface area contributed by atoms with Gasteiger partial charge < -0.3 is 0 Å². The zero-order chi connectivity index (χ0) is 11.7. The van der Waals surface area contributed by atoms with E-state index >= 15 is 0 Å². The molecule has 1 aromatic rings. The van der Waals surface area contributed by atoms with Crippen LogP contribution in [0, 0.1) is 17.8 Å². The first-order chi connectivity index (χ1) is 7.58. The van der Waals surface area contributed by atoms with Crippen LogP contribution >= 0.6 is 22.9 Å². The molecule has 4 atom stereocenters. The van der Waals surface area contributed by atoms with Crippen LogP contribution in [0.5, 0.6) is 0 Å². The Morgan fingerprint density at radius 1 is 1.06 bits per heavy atom. The summed E-state index contributed by atoms with van der Waals surface area (Å²) in [4.78, 5) is 1.50. The largest absolute Gasteiger partial charge is 0.128 e. The van der Waals surface area contributed by atoms with E-state index in [0.29, 0.717) is 0 Å². The topological polar surface area (TPSA) is 0 Å². The minimum atomic E-state index is 0.734. The first-order valence-electron chi connectivity index (χ1n) is 6.33. The fourth-order valence-electron chi connectivity index (χ4n) is 2.80. The highest BCUT2D eigenvalue weighted by atomic mass is 35.5. The molecule has 1 fully saturated rings. The second kappa shape index (κ2) is 5.10. The van der Waals surface area contributed by atoms with Crippen molar-refractivity contribution in [1.82, 2.24) is 0 Å². The normalized spacial score (nSPS) is 36.0. The molecule has 0 spiro atoms. The molecule has 1 aliphatic carbocycles. The van der Waals surface area contributed by atoms with Crippen LogP contribution in [0.15, 0.2) is 12.1 Å². The number of hydrogen-bond acceptors (Lipinski definition) is 1. The predicted octanol–water partition coefficient (Wildman–Crippen LogP) is 5.58. The monoisotopic (exact) mass is 256 g/mol. The molecular weight excluding hydrogens is 236 g/mol. The van der Waals surface area contributed by atoms with Crippen molar-refractivity contribution in [2.45, 2.75) is 46.0 Å². The summed E-state index contributed by atoms with van der Waals surface area (Å²) in [5.41, 5.74) is 0. The maximum absolute atomic E-state index is 6.05. The third kappa shape index (κ3) is 2.62. The van der Waals surface area contributed by atoms with Gasteiger partial charge in [-0.3, -0.25) is 0 Å². The molecule has 0 bridgehead atoms. The quantitative estimate of drug-likeness (QED) is 0.576. The molecule has 2 rings (SSSR count). The molecule has 0 aromatic carbocycles. The average molecular weight is 257 g/mol. The lowest BCUT2D eigenvalue weighted by molar-refractivity contribution is 0.355. The van der Waals surface area contributed by atoms with E-state index in [1.54, 1.807) is 11.3 Å². The molecule has 16 heavy (non-hydrogen) atoms. The van der Waals surface area contributed by atoms with Crippen LogP contribution in [0.4, 0.5) is 0 Å². The molecular formula is C14H21ClS. The molecule has 0 N–H and O–H groups in total. The highest BCUT2D eigenvalue weighted by Gasteiger charge is 2.29. The fraction of sp³-hybridized carbons (Fsp3) is 0.714. The van der Waals surface area contributed by atoms with Gasteiger partial charge >= 0.3 is 0 Å². The molecule has 0 radical (unpaired) electrons. The number of halogens is 1. The summed E-state index contributed by atoms with van der Waals surface area (Å²) in [6.45, 7) is 7.22. The van der Waals surface area contributed by atoms with Crippen molar-refractivity contribution in [3.63, 3.8) is 0 Å². The summed E-state index contributed by atoms with van der Waals surface area (Å²) in [5.74, 6) is 3.26. The average Bonchev–Trinajstić information content (AvgIpc) is 2.63. The van der Waals surface area contributed by atoms with E-state index in [0.717, 1.165) is 28.0 Å². The predicted molar refractivity (Wildman–Crippen MR) is 73.4 cm³/mol. The number of thiophene rings is 1. The number of hydrogen-bond donors (Lipinski definition) is 0. The van der Waals surface area contributed by atoms with Gasteiger partial charge in [-0.2, -0.15) is 0 Å². The summed E-state index contributed by atoms with van der Waals surface area (Å²) in [5, 5.41) is 0. The van der Waals surface area contributed by atoms with Crippen LogP contribution in [-0.4, -0.2) is 0 Å². The molecule has 2 heteroatoms. The SMILES string of the molecule is CC1CC[C@H](C)[C@@H](c2ccc(Cl)s2)CC1C. The molecule has 1 aromatic heterocycles. The van der Waals surface area contributed by atoms with E-state index in [1.165, 1.54) is 24.1 Å². The fourth-order valence-corrected chi connectivity index (χ4v) is 4.11. The Hall–Kier alpha value is -0.0100. The van der Waals surface area contributed by atoms with Gasteiger partial charge in [-0.05, 0) is 48.6 Å². The van der Waals surface area contributed by atoms with Crippen molar-refractivity contribution < 1.29 is 0 Å². The minimum absolute atomic E-state index is 0.734. The van der Waals surface area contributed by atoms with E-state index < -0.39 is 0 Å². The lowest BCUT2D eigenvalue weighted by Crippen LogP contribution is -2.10. The van der Waals surface area contributed by atoms with Crippen molar-refractivity contribution in [3.05, 3.63) is 21.3 Å². The zero-order valence-corrected chi connectivity index (χ0v) is 11.9. The summed E-state index contributed by atoms with van der Waals surface area (Å²) < 4.78 is 0.937. The van der Waals surface area contributed by atoms with Crippen molar-refractivity contribution in [3.8, 4) is 0 Å². The Bertz CT molecular complexity index is 344. The van der Waals surface area contributed by atoms with Gasteiger partial charge in [0.15, 0.2) is 0 Å². The molecule has 0 saturated heterocycles. The van der Waals surface area contributed by atoms with Gasteiger partial charge in [-0.1, -0.05) is 38.8 Å². The van der Waals surface area contributed by atoms with Crippen LogP contribution in [0.2, 0.25) is 4.34 Å². The lowest BCUT2D eigenvalue weighted by atomic mass is 9.85. The van der Waals surface area contributed by atoms with E-state index in [-0.39, 0.29) is 0 Å². The third-order valence-corrected chi connectivity index (χ3v) is 5.68. The Kier molecular flexibility index (Phi) is 3.97. The molecule has 0 aliphatic heterocycles. The molecule has 90 valence electrons. The number of rotatable bonds is 1. The van der Waals surface area contributed by atoms with Crippen LogP contribution in [0.3, 0.4) is 0 Å². The minimum Gasteiger partial charge on any atom is -0.128 e. The summed E-state index contributed by atoms with van der Waals surface area (Å²) >= 11 is 7.83. The highest BCUT2D eigenvalue weighted by Crippen LogP contribution is 2.43. The Labute approximate surface area is 108 Å². The van der Waals surface area contributed by atoms with Crippen LogP contribution in [0.1, 0.15) is 50.8 Å². The Balaban J connectivity index is 2.18.